The van der Waals surface area contributed by atoms with Gasteiger partial charge in [0.05, 0.1) is 0 Å². The number of aromatic nitrogens is 2. The zero-order chi connectivity index (χ0) is 12.5. The van der Waals surface area contributed by atoms with Gasteiger partial charge in [-0.15, -0.1) is 0 Å². The Morgan fingerprint density at radius 2 is 1.33 bits per heavy atom. The van der Waals surface area contributed by atoms with Crippen molar-refractivity contribution in [2.75, 3.05) is 0 Å². The molecule has 0 aliphatic heterocycles. The molecule has 0 spiro atoms. The first-order chi connectivity index (χ1) is 8.95. The van der Waals surface area contributed by atoms with Gasteiger partial charge < -0.3 is 9.97 Å². The zero-order valence-corrected chi connectivity index (χ0v) is 12.4. The Morgan fingerprint density at radius 1 is 0.778 bits per heavy atom. The zero-order valence-electron chi connectivity index (χ0n) is 9.85. The summed E-state index contributed by atoms with van der Waals surface area (Å²) in [5.74, 6) is 0. The number of hydrogen-bond acceptors (Lipinski definition) is 1. The van der Waals surface area contributed by atoms with Crippen LogP contribution in [0.1, 0.15) is 0 Å². The number of hydrogen-bond donors (Lipinski definition) is 0. The summed E-state index contributed by atoms with van der Waals surface area (Å²) in [4.78, 5) is 7.22. The summed E-state index contributed by atoms with van der Waals surface area (Å²) in [6.07, 6.45) is 4.78. The molecule has 0 N–H and O–H groups in total. The number of benzene rings is 2. The monoisotopic (exact) mass is 342 g/mol. The van der Waals surface area contributed by atoms with Crippen LogP contribution in [0.15, 0.2) is 79.4 Å². The molecule has 2 nitrogen and oxygen atoms in total. The molecule has 0 unspecified atom stereocenters. The summed E-state index contributed by atoms with van der Waals surface area (Å²) in [6.45, 7) is 0. The second-order valence-electron chi connectivity index (χ2n) is 3.49. The third-order valence-corrected chi connectivity index (χ3v) is 5.32. The second kappa shape index (κ2) is 7.73. The Bertz CT molecular complexity index is 466. The number of nitrogens with zero attached hydrogens (tertiary/aromatic N) is 2. The topological polar surface area (TPSA) is 27.0 Å². The van der Waals surface area contributed by atoms with Crippen molar-refractivity contribution in [2.45, 2.75) is 0 Å². The summed E-state index contributed by atoms with van der Waals surface area (Å²) >= 11 is -0.335. The van der Waals surface area contributed by atoms with E-state index in [1.807, 2.05) is 0 Å². The van der Waals surface area contributed by atoms with E-state index in [-0.39, 0.29) is 21.6 Å². The fourth-order valence-electron chi connectivity index (χ4n) is 1.35. The Balaban J connectivity index is 0.000000202. The van der Waals surface area contributed by atoms with Gasteiger partial charge in [0.1, 0.15) is 0 Å². The van der Waals surface area contributed by atoms with Gasteiger partial charge in [-0.25, -0.2) is 0 Å². The predicted molar refractivity (Wildman–Crippen MR) is 75.5 cm³/mol. The second-order valence-corrected chi connectivity index (χ2v) is 7.08. The summed E-state index contributed by atoms with van der Waals surface area (Å²) in [7, 11) is 0. The number of imidazole rings is 1. The van der Waals surface area contributed by atoms with Gasteiger partial charge in [-0.1, -0.05) is 18.7 Å². The first kappa shape index (κ1) is 12.9. The average molecular weight is 343 g/mol. The molecular formula is C15H13N2Sb-. The molecule has 18 heavy (non-hydrogen) atoms. The van der Waals surface area contributed by atoms with Crippen molar-refractivity contribution in [1.82, 2.24) is 9.97 Å². The van der Waals surface area contributed by atoms with E-state index in [0.29, 0.717) is 0 Å². The summed E-state index contributed by atoms with van der Waals surface area (Å²) in [5.41, 5.74) is 0. The van der Waals surface area contributed by atoms with Crippen molar-refractivity contribution < 1.29 is 0 Å². The molecule has 0 saturated carbocycles. The molecule has 3 rings (SSSR count). The molecule has 1 radical (unpaired) electrons. The van der Waals surface area contributed by atoms with Crippen molar-refractivity contribution >= 4 is 28.6 Å². The van der Waals surface area contributed by atoms with Crippen LogP contribution in [0, 0.1) is 0 Å². The van der Waals surface area contributed by atoms with Gasteiger partial charge in [0, 0.05) is 0 Å². The van der Waals surface area contributed by atoms with E-state index >= 15 is 0 Å². The van der Waals surface area contributed by atoms with Gasteiger partial charge >= 0.3 is 89.3 Å². The molecule has 3 heteroatoms. The molecule has 2 aromatic carbocycles. The van der Waals surface area contributed by atoms with Crippen LogP contribution in [-0.4, -0.2) is 26.6 Å². The fraction of sp³-hybridized carbons (Fsp3) is 0. The van der Waals surface area contributed by atoms with Gasteiger partial charge in [0.15, 0.2) is 0 Å². The van der Waals surface area contributed by atoms with Crippen LogP contribution >= 0.6 is 0 Å². The first-order valence-electron chi connectivity index (χ1n) is 5.63. The molecule has 0 bridgehead atoms. The van der Waals surface area contributed by atoms with E-state index in [2.05, 4.69) is 70.6 Å². The summed E-state index contributed by atoms with van der Waals surface area (Å²) < 4.78 is 3.04. The summed E-state index contributed by atoms with van der Waals surface area (Å²) in [5, 5.41) is 0. The van der Waals surface area contributed by atoms with Gasteiger partial charge in [0.2, 0.25) is 0 Å². The SMILES string of the molecule is c1c[n-]cn1.c1cc[c]([Sb][c]2ccccc2)cc1. The van der Waals surface area contributed by atoms with Crippen LogP contribution in [-0.2, 0) is 0 Å². The molecule has 0 aliphatic rings. The van der Waals surface area contributed by atoms with Crippen LogP contribution < -0.4 is 12.0 Å². The normalized spacial score (nSPS) is 9.33. The van der Waals surface area contributed by atoms with Crippen molar-refractivity contribution in [3.8, 4) is 0 Å². The number of rotatable bonds is 2. The van der Waals surface area contributed by atoms with Crippen LogP contribution in [0.2, 0.25) is 0 Å². The van der Waals surface area contributed by atoms with Crippen LogP contribution in [0.5, 0.6) is 0 Å². The van der Waals surface area contributed by atoms with E-state index in [1.54, 1.807) is 12.4 Å². The van der Waals surface area contributed by atoms with Gasteiger partial charge in [-0.2, -0.15) is 0 Å². The molecule has 0 atom stereocenters. The quantitative estimate of drug-likeness (QED) is 0.658. The molecule has 1 aromatic heterocycles. The summed E-state index contributed by atoms with van der Waals surface area (Å²) in [6, 6.07) is 21.5. The minimum absolute atomic E-state index is 0.335. The van der Waals surface area contributed by atoms with Gasteiger partial charge in [0.25, 0.3) is 0 Å². The van der Waals surface area contributed by atoms with Crippen molar-refractivity contribution in [3.63, 3.8) is 0 Å². The average Bonchev–Trinajstić information content (AvgIpc) is 3.00. The molecule has 0 fully saturated rings. The van der Waals surface area contributed by atoms with E-state index in [0.717, 1.165) is 0 Å². The molecule has 0 aliphatic carbocycles. The van der Waals surface area contributed by atoms with Crippen LogP contribution in [0.4, 0.5) is 0 Å². The van der Waals surface area contributed by atoms with E-state index in [4.69, 9.17) is 0 Å². The van der Waals surface area contributed by atoms with Gasteiger partial charge in [-0.3, -0.25) is 0 Å². The predicted octanol–water partition coefficient (Wildman–Crippen LogP) is 1.38. The molecule has 0 saturated heterocycles. The molecular weight excluding hydrogens is 330 g/mol. The first-order valence-corrected chi connectivity index (χ1v) is 8.19. The van der Waals surface area contributed by atoms with Crippen molar-refractivity contribution in [2.24, 2.45) is 0 Å². The molecule has 1 heterocycles. The Labute approximate surface area is 118 Å². The van der Waals surface area contributed by atoms with Crippen LogP contribution in [0.25, 0.3) is 0 Å². The third-order valence-electron chi connectivity index (χ3n) is 2.14. The fourth-order valence-corrected chi connectivity index (χ4v) is 4.03. The Hall–Kier alpha value is -1.53. The standard InChI is InChI=1S/2C6H5.C3H3N2.Sb/c2*1-2-4-6-5-3-1;1-2-5-3-4-1;/h2*1-5H;1-3H;/q;;-1;. The maximum absolute atomic E-state index is 3.61. The van der Waals surface area contributed by atoms with Crippen molar-refractivity contribution in [3.05, 3.63) is 79.4 Å². The maximum atomic E-state index is 3.61. The van der Waals surface area contributed by atoms with E-state index in [1.165, 1.54) is 13.3 Å². The molecule has 3 aromatic rings. The van der Waals surface area contributed by atoms with Gasteiger partial charge in [-0.05, 0) is 0 Å². The minimum atomic E-state index is -0.335. The van der Waals surface area contributed by atoms with Crippen LogP contribution in [0.3, 0.4) is 0 Å². The molecule has 89 valence electrons. The van der Waals surface area contributed by atoms with Crippen molar-refractivity contribution in [1.29, 1.82) is 0 Å². The third kappa shape index (κ3) is 4.77. The van der Waals surface area contributed by atoms with E-state index in [9.17, 15) is 0 Å². The molecule has 0 amide bonds. The Morgan fingerprint density at radius 3 is 1.67 bits per heavy atom. The Kier molecular flexibility index (Phi) is 5.54. The van der Waals surface area contributed by atoms with E-state index < -0.39 is 0 Å².